The summed E-state index contributed by atoms with van der Waals surface area (Å²) in [6.45, 7) is 0. The Labute approximate surface area is 104 Å². The van der Waals surface area contributed by atoms with Crippen molar-refractivity contribution in [2.75, 3.05) is 12.8 Å². The summed E-state index contributed by atoms with van der Waals surface area (Å²) in [7, 11) is 2.04. The smallest absolute Gasteiger partial charge is 0.0325 e. The molecule has 0 aromatic heterocycles. The van der Waals surface area contributed by atoms with E-state index >= 15 is 0 Å². The predicted octanol–water partition coefficient (Wildman–Crippen LogP) is 3.15. The molecule has 1 aromatic carbocycles. The zero-order chi connectivity index (χ0) is 11.4. The highest BCUT2D eigenvalue weighted by molar-refractivity contribution is 7.80. The SMILES string of the molecule is CNC(CCS)c1ccc2c(c1)CCCC2. The molecule has 88 valence electrons. The van der Waals surface area contributed by atoms with Gasteiger partial charge in [-0.05, 0) is 61.6 Å². The molecule has 0 saturated carbocycles. The van der Waals surface area contributed by atoms with Crippen LogP contribution in [0.25, 0.3) is 0 Å². The average molecular weight is 235 g/mol. The first kappa shape index (κ1) is 12.0. The lowest BCUT2D eigenvalue weighted by molar-refractivity contribution is 0.579. The molecule has 0 bridgehead atoms. The van der Waals surface area contributed by atoms with Gasteiger partial charge in [-0.25, -0.2) is 0 Å². The van der Waals surface area contributed by atoms with Crippen molar-refractivity contribution in [1.82, 2.24) is 5.32 Å². The molecule has 1 aromatic rings. The van der Waals surface area contributed by atoms with Crippen LogP contribution in [-0.2, 0) is 12.8 Å². The molecule has 2 heteroatoms. The van der Waals surface area contributed by atoms with Crippen LogP contribution < -0.4 is 5.32 Å². The van der Waals surface area contributed by atoms with Gasteiger partial charge < -0.3 is 5.32 Å². The Morgan fingerprint density at radius 2 is 2.00 bits per heavy atom. The van der Waals surface area contributed by atoms with Gasteiger partial charge in [-0.1, -0.05) is 18.2 Å². The third-order valence-electron chi connectivity index (χ3n) is 3.54. The van der Waals surface area contributed by atoms with Crippen molar-refractivity contribution >= 4 is 12.6 Å². The van der Waals surface area contributed by atoms with E-state index in [1.165, 1.54) is 31.2 Å². The summed E-state index contributed by atoms with van der Waals surface area (Å²) in [5, 5.41) is 3.38. The Morgan fingerprint density at radius 1 is 1.25 bits per heavy atom. The molecule has 1 aliphatic carbocycles. The largest absolute Gasteiger partial charge is 0.313 e. The van der Waals surface area contributed by atoms with E-state index in [1.807, 2.05) is 7.05 Å². The minimum absolute atomic E-state index is 0.463. The summed E-state index contributed by atoms with van der Waals surface area (Å²) >= 11 is 4.32. The second-order valence-electron chi connectivity index (χ2n) is 4.59. The molecule has 16 heavy (non-hydrogen) atoms. The van der Waals surface area contributed by atoms with Crippen LogP contribution in [0.1, 0.15) is 42.0 Å². The van der Waals surface area contributed by atoms with Crippen molar-refractivity contribution in [3.63, 3.8) is 0 Å². The molecule has 1 atom stereocenters. The van der Waals surface area contributed by atoms with Gasteiger partial charge in [-0.3, -0.25) is 0 Å². The number of benzene rings is 1. The molecule has 2 rings (SSSR count). The van der Waals surface area contributed by atoms with Crippen LogP contribution in [0.4, 0.5) is 0 Å². The van der Waals surface area contributed by atoms with Gasteiger partial charge in [0.1, 0.15) is 0 Å². The number of fused-ring (bicyclic) bond motifs is 1. The topological polar surface area (TPSA) is 12.0 Å². The van der Waals surface area contributed by atoms with Crippen LogP contribution in [0.15, 0.2) is 18.2 Å². The zero-order valence-electron chi connectivity index (χ0n) is 10.00. The summed E-state index contributed by atoms with van der Waals surface area (Å²) < 4.78 is 0. The number of aryl methyl sites for hydroxylation is 2. The molecule has 0 heterocycles. The Kier molecular flexibility index (Phi) is 4.30. The van der Waals surface area contributed by atoms with Crippen LogP contribution >= 0.6 is 12.6 Å². The standard InChI is InChI=1S/C14H21NS/c1-15-14(8-9-16)13-7-6-11-4-2-3-5-12(11)10-13/h6-7,10,14-16H,2-5,8-9H2,1H3. The van der Waals surface area contributed by atoms with Crippen molar-refractivity contribution in [2.45, 2.75) is 38.1 Å². The lowest BCUT2D eigenvalue weighted by Crippen LogP contribution is -2.17. The highest BCUT2D eigenvalue weighted by Crippen LogP contribution is 2.25. The van der Waals surface area contributed by atoms with Gasteiger partial charge in [0.25, 0.3) is 0 Å². The van der Waals surface area contributed by atoms with Crippen LogP contribution in [0.5, 0.6) is 0 Å². The minimum Gasteiger partial charge on any atom is -0.313 e. The van der Waals surface area contributed by atoms with E-state index < -0.39 is 0 Å². The Hall–Kier alpha value is -0.470. The van der Waals surface area contributed by atoms with Gasteiger partial charge in [0.05, 0.1) is 0 Å². The maximum Gasteiger partial charge on any atom is 0.0325 e. The lowest BCUT2D eigenvalue weighted by Gasteiger charge is -2.20. The van der Waals surface area contributed by atoms with E-state index in [0.717, 1.165) is 12.2 Å². The lowest BCUT2D eigenvalue weighted by atomic mass is 9.89. The number of hydrogen-bond donors (Lipinski definition) is 2. The van der Waals surface area contributed by atoms with Crippen molar-refractivity contribution in [3.05, 3.63) is 34.9 Å². The fourth-order valence-corrected chi connectivity index (χ4v) is 2.84. The van der Waals surface area contributed by atoms with Crippen molar-refractivity contribution < 1.29 is 0 Å². The maximum atomic E-state index is 4.32. The van der Waals surface area contributed by atoms with E-state index in [4.69, 9.17) is 0 Å². The molecule has 0 aliphatic heterocycles. The molecule has 0 fully saturated rings. The number of nitrogens with one attached hydrogen (secondary N) is 1. The highest BCUT2D eigenvalue weighted by atomic mass is 32.1. The monoisotopic (exact) mass is 235 g/mol. The number of thiol groups is 1. The molecule has 1 nitrogen and oxygen atoms in total. The molecule has 1 N–H and O–H groups in total. The fourth-order valence-electron chi connectivity index (χ4n) is 2.58. The van der Waals surface area contributed by atoms with Gasteiger partial charge in [0.2, 0.25) is 0 Å². The Morgan fingerprint density at radius 3 is 2.69 bits per heavy atom. The van der Waals surface area contributed by atoms with Crippen LogP contribution in [0.3, 0.4) is 0 Å². The molecule has 0 saturated heterocycles. The van der Waals surface area contributed by atoms with E-state index in [-0.39, 0.29) is 0 Å². The molecule has 0 spiro atoms. The molecule has 0 amide bonds. The maximum absolute atomic E-state index is 4.32. The van der Waals surface area contributed by atoms with Gasteiger partial charge >= 0.3 is 0 Å². The second kappa shape index (κ2) is 5.74. The summed E-state index contributed by atoms with van der Waals surface area (Å²) in [6, 6.07) is 7.48. The van der Waals surface area contributed by atoms with Crippen LogP contribution in [-0.4, -0.2) is 12.8 Å². The zero-order valence-corrected chi connectivity index (χ0v) is 10.9. The van der Waals surface area contributed by atoms with Gasteiger partial charge in [-0.15, -0.1) is 0 Å². The van der Waals surface area contributed by atoms with Crippen molar-refractivity contribution in [3.8, 4) is 0 Å². The van der Waals surface area contributed by atoms with Crippen molar-refractivity contribution in [1.29, 1.82) is 0 Å². The molecular formula is C14H21NS. The quantitative estimate of drug-likeness (QED) is 0.764. The third kappa shape index (κ3) is 2.61. The van der Waals surface area contributed by atoms with Crippen LogP contribution in [0.2, 0.25) is 0 Å². The van der Waals surface area contributed by atoms with Crippen molar-refractivity contribution in [2.24, 2.45) is 0 Å². The second-order valence-corrected chi connectivity index (χ2v) is 5.04. The minimum atomic E-state index is 0.463. The van der Waals surface area contributed by atoms with E-state index in [9.17, 15) is 0 Å². The first-order valence-corrected chi connectivity index (χ1v) is 6.88. The molecule has 0 radical (unpaired) electrons. The molecule has 1 aliphatic rings. The van der Waals surface area contributed by atoms with E-state index in [1.54, 1.807) is 11.1 Å². The van der Waals surface area contributed by atoms with Gasteiger partial charge in [0.15, 0.2) is 0 Å². The summed E-state index contributed by atoms with van der Waals surface area (Å²) in [5.74, 6) is 0.933. The highest BCUT2D eigenvalue weighted by Gasteiger charge is 2.13. The van der Waals surface area contributed by atoms with E-state index in [2.05, 4.69) is 36.1 Å². The normalized spacial score (nSPS) is 16.9. The summed E-state index contributed by atoms with van der Waals surface area (Å²) in [4.78, 5) is 0. The van der Waals surface area contributed by atoms with E-state index in [0.29, 0.717) is 6.04 Å². The number of hydrogen-bond acceptors (Lipinski definition) is 2. The summed E-state index contributed by atoms with van der Waals surface area (Å²) in [6.07, 6.45) is 6.34. The predicted molar refractivity (Wildman–Crippen MR) is 73.4 cm³/mol. The Bertz CT molecular complexity index is 349. The first-order chi connectivity index (χ1) is 7.85. The third-order valence-corrected chi connectivity index (χ3v) is 3.80. The Balaban J connectivity index is 2.21. The van der Waals surface area contributed by atoms with Gasteiger partial charge in [0, 0.05) is 6.04 Å². The molecular weight excluding hydrogens is 214 g/mol. The first-order valence-electron chi connectivity index (χ1n) is 6.25. The van der Waals surface area contributed by atoms with Gasteiger partial charge in [-0.2, -0.15) is 12.6 Å². The fraction of sp³-hybridized carbons (Fsp3) is 0.571. The van der Waals surface area contributed by atoms with Crippen LogP contribution in [0, 0.1) is 0 Å². The summed E-state index contributed by atoms with van der Waals surface area (Å²) in [5.41, 5.74) is 4.57. The number of rotatable bonds is 4. The average Bonchev–Trinajstić information content (AvgIpc) is 2.35. The molecule has 1 unspecified atom stereocenters.